The second kappa shape index (κ2) is 8.29. The molecule has 0 spiro atoms. The molecule has 0 aliphatic rings. The Balaban J connectivity index is 1.63. The number of benzene rings is 2. The maximum absolute atomic E-state index is 11.7. The van der Waals surface area contributed by atoms with Crippen molar-refractivity contribution in [2.45, 2.75) is 13.3 Å². The number of hydrogen-bond donors (Lipinski definition) is 2. The average Bonchev–Trinajstić information content (AvgIpc) is 2.51. The molecule has 0 radical (unpaired) electrons. The molecule has 2 amide bonds. The zero-order chi connectivity index (χ0) is 15.8. The number of nitrogens with one attached hydrogen (secondary N) is 2. The van der Waals surface area contributed by atoms with E-state index in [1.807, 2.05) is 43.3 Å². The third-order valence-corrected chi connectivity index (χ3v) is 3.35. The van der Waals surface area contributed by atoms with Gasteiger partial charge < -0.3 is 15.4 Å². The van der Waals surface area contributed by atoms with E-state index in [9.17, 15) is 4.79 Å². The van der Waals surface area contributed by atoms with E-state index in [-0.39, 0.29) is 6.03 Å². The number of amides is 2. The van der Waals surface area contributed by atoms with Gasteiger partial charge in [-0.15, -0.1) is 0 Å². The number of carbonyl (C=O) groups excluding carboxylic acids is 1. The van der Waals surface area contributed by atoms with Crippen LogP contribution in [0.4, 0.5) is 10.5 Å². The molecule has 0 heterocycles. The van der Waals surface area contributed by atoms with Gasteiger partial charge in [-0.1, -0.05) is 41.4 Å². The van der Waals surface area contributed by atoms with Gasteiger partial charge in [0.15, 0.2) is 0 Å². The van der Waals surface area contributed by atoms with Crippen LogP contribution in [0.15, 0.2) is 48.5 Å². The molecular formula is C17H19ClN2O2. The van der Waals surface area contributed by atoms with E-state index < -0.39 is 0 Å². The summed E-state index contributed by atoms with van der Waals surface area (Å²) in [5.41, 5.74) is 1.79. The first kappa shape index (κ1) is 16.2. The maximum atomic E-state index is 11.7. The van der Waals surface area contributed by atoms with Gasteiger partial charge in [-0.25, -0.2) is 4.79 Å². The highest BCUT2D eigenvalue weighted by Gasteiger charge is 2.03. The summed E-state index contributed by atoms with van der Waals surface area (Å²) in [6.07, 6.45) is 0.726. The van der Waals surface area contributed by atoms with Crippen molar-refractivity contribution in [3.8, 4) is 5.75 Å². The molecule has 2 aromatic rings. The van der Waals surface area contributed by atoms with E-state index >= 15 is 0 Å². The Morgan fingerprint density at radius 3 is 2.59 bits per heavy atom. The van der Waals surface area contributed by atoms with E-state index in [1.165, 1.54) is 5.56 Å². The lowest BCUT2D eigenvalue weighted by Crippen LogP contribution is -2.30. The third-order valence-electron chi connectivity index (χ3n) is 3.02. The summed E-state index contributed by atoms with van der Waals surface area (Å²) in [6, 6.07) is 14.7. The molecule has 0 atom stereocenters. The summed E-state index contributed by atoms with van der Waals surface area (Å²) >= 11 is 5.97. The highest BCUT2D eigenvalue weighted by molar-refractivity contribution is 6.33. The molecule has 0 aromatic heterocycles. The second-order valence-corrected chi connectivity index (χ2v) is 5.28. The van der Waals surface area contributed by atoms with Gasteiger partial charge in [-0.2, -0.15) is 0 Å². The molecule has 5 heteroatoms. The van der Waals surface area contributed by atoms with E-state index in [2.05, 4.69) is 10.6 Å². The topological polar surface area (TPSA) is 50.4 Å². The summed E-state index contributed by atoms with van der Waals surface area (Å²) < 4.78 is 5.59. The first-order valence-corrected chi connectivity index (χ1v) is 7.52. The van der Waals surface area contributed by atoms with Crippen molar-refractivity contribution in [2.24, 2.45) is 0 Å². The van der Waals surface area contributed by atoms with Crippen molar-refractivity contribution >= 4 is 23.3 Å². The van der Waals surface area contributed by atoms with E-state index in [4.69, 9.17) is 16.3 Å². The number of hydrogen-bond acceptors (Lipinski definition) is 2. The monoisotopic (exact) mass is 318 g/mol. The summed E-state index contributed by atoms with van der Waals surface area (Å²) in [5.74, 6) is 0.839. The van der Waals surface area contributed by atoms with E-state index in [0.717, 1.165) is 12.2 Å². The highest BCUT2D eigenvalue weighted by Crippen LogP contribution is 2.20. The smallest absolute Gasteiger partial charge is 0.319 e. The normalized spacial score (nSPS) is 10.1. The molecule has 0 unspecified atom stereocenters. The van der Waals surface area contributed by atoms with Crippen LogP contribution in [-0.2, 0) is 0 Å². The second-order valence-electron chi connectivity index (χ2n) is 4.88. The predicted molar refractivity (Wildman–Crippen MR) is 89.8 cm³/mol. The lowest BCUT2D eigenvalue weighted by molar-refractivity contribution is 0.250. The van der Waals surface area contributed by atoms with Crippen LogP contribution in [0.3, 0.4) is 0 Å². The van der Waals surface area contributed by atoms with Crippen molar-refractivity contribution in [1.82, 2.24) is 5.32 Å². The van der Waals surface area contributed by atoms with Crippen LogP contribution in [0.25, 0.3) is 0 Å². The van der Waals surface area contributed by atoms with Crippen LogP contribution in [0, 0.1) is 6.92 Å². The minimum Gasteiger partial charge on any atom is -0.494 e. The van der Waals surface area contributed by atoms with Gasteiger partial charge >= 0.3 is 6.03 Å². The zero-order valence-electron chi connectivity index (χ0n) is 12.4. The number of anilines is 1. The highest BCUT2D eigenvalue weighted by atomic mass is 35.5. The van der Waals surface area contributed by atoms with E-state index in [1.54, 1.807) is 12.1 Å². The van der Waals surface area contributed by atoms with Gasteiger partial charge in [-0.05, 0) is 37.6 Å². The number of para-hydroxylation sites is 1. The Morgan fingerprint density at radius 2 is 1.86 bits per heavy atom. The van der Waals surface area contributed by atoms with Gasteiger partial charge in [0.2, 0.25) is 0 Å². The van der Waals surface area contributed by atoms with Crippen molar-refractivity contribution in [1.29, 1.82) is 0 Å². The van der Waals surface area contributed by atoms with Crippen LogP contribution in [0.2, 0.25) is 5.02 Å². The first-order chi connectivity index (χ1) is 10.6. The number of aryl methyl sites for hydroxylation is 1. The Hall–Kier alpha value is -2.20. The van der Waals surface area contributed by atoms with Crippen LogP contribution >= 0.6 is 11.6 Å². The standard InChI is InChI=1S/C17H19ClN2O2/c1-13-7-9-14(10-8-13)22-12-4-11-19-17(21)20-16-6-3-2-5-15(16)18/h2-3,5-10H,4,11-12H2,1H3,(H2,19,20,21). The number of rotatable bonds is 6. The minimum absolute atomic E-state index is 0.275. The molecule has 0 aliphatic heterocycles. The molecule has 0 saturated heterocycles. The van der Waals surface area contributed by atoms with Gasteiger partial charge in [0, 0.05) is 6.54 Å². The molecular weight excluding hydrogens is 300 g/mol. The molecule has 0 bridgehead atoms. The summed E-state index contributed by atoms with van der Waals surface area (Å²) in [4.78, 5) is 11.7. The average molecular weight is 319 g/mol. The Labute approximate surface area is 135 Å². The number of urea groups is 1. The van der Waals surface area contributed by atoms with Gasteiger partial charge in [-0.3, -0.25) is 0 Å². The number of ether oxygens (including phenoxy) is 1. The fraction of sp³-hybridized carbons (Fsp3) is 0.235. The van der Waals surface area contributed by atoms with Crippen molar-refractivity contribution in [3.05, 3.63) is 59.1 Å². The molecule has 116 valence electrons. The zero-order valence-corrected chi connectivity index (χ0v) is 13.2. The molecule has 22 heavy (non-hydrogen) atoms. The van der Waals surface area contributed by atoms with Crippen LogP contribution < -0.4 is 15.4 Å². The quantitative estimate of drug-likeness (QED) is 0.783. The van der Waals surface area contributed by atoms with Gasteiger partial charge in [0.25, 0.3) is 0 Å². The fourth-order valence-corrected chi connectivity index (χ4v) is 2.01. The van der Waals surface area contributed by atoms with Crippen molar-refractivity contribution in [3.63, 3.8) is 0 Å². The van der Waals surface area contributed by atoms with Gasteiger partial charge in [0.1, 0.15) is 5.75 Å². The lowest BCUT2D eigenvalue weighted by Gasteiger charge is -2.09. The third kappa shape index (κ3) is 5.30. The molecule has 2 N–H and O–H groups in total. The minimum atomic E-state index is -0.275. The van der Waals surface area contributed by atoms with Crippen LogP contribution in [0.1, 0.15) is 12.0 Å². The lowest BCUT2D eigenvalue weighted by atomic mass is 10.2. The SMILES string of the molecule is Cc1ccc(OCCCNC(=O)Nc2ccccc2Cl)cc1. The molecule has 2 aromatic carbocycles. The molecule has 4 nitrogen and oxygen atoms in total. The molecule has 2 rings (SSSR count). The Morgan fingerprint density at radius 1 is 1.14 bits per heavy atom. The summed E-state index contributed by atoms with van der Waals surface area (Å²) in [7, 11) is 0. The predicted octanol–water partition coefficient (Wildman–Crippen LogP) is 4.24. The van der Waals surface area contributed by atoms with Crippen molar-refractivity contribution in [2.75, 3.05) is 18.5 Å². The largest absolute Gasteiger partial charge is 0.494 e. The molecule has 0 aliphatic carbocycles. The number of halogens is 1. The summed E-state index contributed by atoms with van der Waals surface area (Å²) in [5, 5.41) is 5.98. The van der Waals surface area contributed by atoms with Crippen LogP contribution in [0.5, 0.6) is 5.75 Å². The molecule has 0 fully saturated rings. The van der Waals surface area contributed by atoms with Crippen LogP contribution in [-0.4, -0.2) is 19.2 Å². The van der Waals surface area contributed by atoms with Crippen molar-refractivity contribution < 1.29 is 9.53 Å². The summed E-state index contributed by atoms with van der Waals surface area (Å²) in [6.45, 7) is 3.11. The fourth-order valence-electron chi connectivity index (χ4n) is 1.83. The van der Waals surface area contributed by atoms with Gasteiger partial charge in [0.05, 0.1) is 17.3 Å². The van der Waals surface area contributed by atoms with E-state index in [0.29, 0.717) is 23.9 Å². The molecule has 0 saturated carbocycles. The Kier molecular flexibility index (Phi) is 6.10. The Bertz CT molecular complexity index is 614. The first-order valence-electron chi connectivity index (χ1n) is 7.14. The maximum Gasteiger partial charge on any atom is 0.319 e. The number of carbonyl (C=O) groups is 1.